The minimum absolute atomic E-state index is 1.10. The molecule has 0 atom stereocenters. The molecule has 0 amide bonds. The summed E-state index contributed by atoms with van der Waals surface area (Å²) in [4.78, 5) is 2.30. The second kappa shape index (κ2) is 6.32. The molecule has 1 aromatic rings. The van der Waals surface area contributed by atoms with Crippen LogP contribution in [-0.4, -0.2) is 0 Å². The SMILES string of the molecule is N#C/C=C(/Sc1ccccc1)C1=CCCCC1. The molecule has 1 aliphatic rings. The summed E-state index contributed by atoms with van der Waals surface area (Å²) in [7, 11) is 0. The summed E-state index contributed by atoms with van der Waals surface area (Å²) in [6.45, 7) is 0. The van der Waals surface area contributed by atoms with E-state index in [1.807, 2.05) is 18.2 Å². The highest BCUT2D eigenvalue weighted by atomic mass is 32.2. The second-order valence-electron chi connectivity index (χ2n) is 4.03. The second-order valence-corrected chi connectivity index (χ2v) is 5.14. The standard InChI is InChI=1S/C15H15NS/c16-12-11-15(13-7-3-1-4-8-13)17-14-9-5-2-6-10-14/h2,5-7,9-11H,1,3-4,8H2/b15-11+. The minimum atomic E-state index is 1.10. The lowest BCUT2D eigenvalue weighted by Gasteiger charge is -2.14. The first-order valence-corrected chi connectivity index (χ1v) is 6.74. The summed E-state index contributed by atoms with van der Waals surface area (Å²) in [6.07, 6.45) is 8.72. The van der Waals surface area contributed by atoms with Gasteiger partial charge in [-0.2, -0.15) is 5.26 Å². The maximum Gasteiger partial charge on any atom is 0.0923 e. The minimum Gasteiger partial charge on any atom is -0.193 e. The highest BCUT2D eigenvalue weighted by Gasteiger charge is 2.10. The summed E-state index contributed by atoms with van der Waals surface area (Å²) in [5.74, 6) is 0. The first kappa shape index (κ1) is 12.0. The molecule has 0 bridgehead atoms. The highest BCUT2D eigenvalue weighted by Crippen LogP contribution is 2.35. The third kappa shape index (κ3) is 3.51. The van der Waals surface area contributed by atoms with Gasteiger partial charge < -0.3 is 0 Å². The molecule has 17 heavy (non-hydrogen) atoms. The molecule has 0 spiro atoms. The van der Waals surface area contributed by atoms with Gasteiger partial charge in [0.05, 0.1) is 6.07 Å². The number of hydrogen-bond donors (Lipinski definition) is 0. The molecule has 0 aromatic heterocycles. The zero-order valence-electron chi connectivity index (χ0n) is 9.73. The molecule has 0 heterocycles. The molecule has 0 radical (unpaired) electrons. The Kier molecular flexibility index (Phi) is 4.46. The van der Waals surface area contributed by atoms with Gasteiger partial charge in [-0.25, -0.2) is 0 Å². The predicted molar refractivity (Wildman–Crippen MR) is 72.5 cm³/mol. The van der Waals surface area contributed by atoms with Crippen molar-refractivity contribution in [1.29, 1.82) is 5.26 Å². The van der Waals surface area contributed by atoms with Crippen molar-refractivity contribution in [2.45, 2.75) is 30.6 Å². The summed E-state index contributed by atoms with van der Waals surface area (Å²) in [5.41, 5.74) is 1.34. The van der Waals surface area contributed by atoms with Crippen LogP contribution in [0.3, 0.4) is 0 Å². The molecule has 1 aliphatic carbocycles. The molecule has 86 valence electrons. The molecular formula is C15H15NS. The van der Waals surface area contributed by atoms with Crippen LogP contribution in [0.1, 0.15) is 25.7 Å². The Hall–Kier alpha value is -1.46. The maximum absolute atomic E-state index is 8.88. The fourth-order valence-electron chi connectivity index (χ4n) is 1.92. The normalized spacial score (nSPS) is 16.2. The van der Waals surface area contributed by atoms with Gasteiger partial charge in [0, 0.05) is 15.9 Å². The van der Waals surface area contributed by atoms with Crippen molar-refractivity contribution in [2.24, 2.45) is 0 Å². The van der Waals surface area contributed by atoms with Gasteiger partial charge in [0.1, 0.15) is 0 Å². The van der Waals surface area contributed by atoms with Gasteiger partial charge >= 0.3 is 0 Å². The molecule has 0 aliphatic heterocycles. The molecule has 1 aromatic carbocycles. The maximum atomic E-state index is 8.88. The van der Waals surface area contributed by atoms with Crippen LogP contribution >= 0.6 is 11.8 Å². The van der Waals surface area contributed by atoms with Gasteiger partial charge in [-0.05, 0) is 43.4 Å². The van der Waals surface area contributed by atoms with E-state index in [0.717, 1.165) is 17.7 Å². The van der Waals surface area contributed by atoms with Crippen LogP contribution < -0.4 is 0 Å². The van der Waals surface area contributed by atoms with Crippen LogP contribution in [-0.2, 0) is 0 Å². The predicted octanol–water partition coefficient (Wildman–Crippen LogP) is 4.69. The van der Waals surface area contributed by atoms with Crippen molar-refractivity contribution in [2.75, 3.05) is 0 Å². The van der Waals surface area contributed by atoms with E-state index < -0.39 is 0 Å². The lowest BCUT2D eigenvalue weighted by atomic mass is 9.99. The number of rotatable bonds is 3. The van der Waals surface area contributed by atoms with Gasteiger partial charge in [0.2, 0.25) is 0 Å². The number of nitrogens with zero attached hydrogens (tertiary/aromatic N) is 1. The van der Waals surface area contributed by atoms with E-state index in [1.54, 1.807) is 17.8 Å². The van der Waals surface area contributed by atoms with Crippen molar-refractivity contribution < 1.29 is 0 Å². The van der Waals surface area contributed by atoms with Crippen molar-refractivity contribution in [3.63, 3.8) is 0 Å². The Morgan fingerprint density at radius 3 is 2.71 bits per heavy atom. The molecule has 2 rings (SSSR count). The van der Waals surface area contributed by atoms with Crippen LogP contribution in [0.5, 0.6) is 0 Å². The monoisotopic (exact) mass is 241 g/mol. The van der Waals surface area contributed by atoms with Crippen LogP contribution in [0, 0.1) is 11.3 Å². The largest absolute Gasteiger partial charge is 0.193 e. The number of allylic oxidation sites excluding steroid dienone is 3. The van der Waals surface area contributed by atoms with Crippen LogP contribution in [0.4, 0.5) is 0 Å². The summed E-state index contributed by atoms with van der Waals surface area (Å²) < 4.78 is 0. The number of hydrogen-bond acceptors (Lipinski definition) is 2. The fraction of sp³-hybridized carbons (Fsp3) is 0.267. The Bertz CT molecular complexity index is 465. The van der Waals surface area contributed by atoms with Gasteiger partial charge in [0.15, 0.2) is 0 Å². The Balaban J connectivity index is 2.17. The van der Waals surface area contributed by atoms with E-state index in [9.17, 15) is 0 Å². The highest BCUT2D eigenvalue weighted by molar-refractivity contribution is 8.03. The molecule has 1 nitrogen and oxygen atoms in total. The number of thioether (sulfide) groups is 1. The van der Waals surface area contributed by atoms with Gasteiger partial charge in [-0.15, -0.1) is 0 Å². The van der Waals surface area contributed by atoms with E-state index in [0.29, 0.717) is 0 Å². The van der Waals surface area contributed by atoms with Crippen molar-refractivity contribution in [1.82, 2.24) is 0 Å². The fourth-order valence-corrected chi connectivity index (χ4v) is 2.90. The van der Waals surface area contributed by atoms with Crippen LogP contribution in [0.2, 0.25) is 0 Å². The quantitative estimate of drug-likeness (QED) is 0.566. The van der Waals surface area contributed by atoms with E-state index in [-0.39, 0.29) is 0 Å². The Morgan fingerprint density at radius 2 is 2.06 bits per heavy atom. The molecule has 0 saturated carbocycles. The molecule has 0 N–H and O–H groups in total. The number of benzene rings is 1. The smallest absolute Gasteiger partial charge is 0.0923 e. The molecule has 2 heteroatoms. The van der Waals surface area contributed by atoms with Gasteiger partial charge in [-0.3, -0.25) is 0 Å². The molecule has 0 unspecified atom stereocenters. The van der Waals surface area contributed by atoms with Crippen molar-refractivity contribution >= 4 is 11.8 Å². The Morgan fingerprint density at radius 1 is 1.24 bits per heavy atom. The first-order valence-electron chi connectivity index (χ1n) is 5.92. The summed E-state index contributed by atoms with van der Waals surface area (Å²) in [5, 5.41) is 8.88. The first-order chi connectivity index (χ1) is 8.40. The van der Waals surface area contributed by atoms with Gasteiger partial charge in [0.25, 0.3) is 0 Å². The molecular weight excluding hydrogens is 226 g/mol. The van der Waals surface area contributed by atoms with E-state index in [2.05, 4.69) is 24.3 Å². The van der Waals surface area contributed by atoms with E-state index in [4.69, 9.17) is 5.26 Å². The summed E-state index contributed by atoms with van der Waals surface area (Å²) in [6, 6.07) is 12.4. The van der Waals surface area contributed by atoms with E-state index >= 15 is 0 Å². The topological polar surface area (TPSA) is 23.8 Å². The zero-order chi connectivity index (χ0) is 11.9. The van der Waals surface area contributed by atoms with Crippen molar-refractivity contribution in [3.8, 4) is 6.07 Å². The number of nitriles is 1. The van der Waals surface area contributed by atoms with Crippen LogP contribution in [0.25, 0.3) is 0 Å². The third-order valence-electron chi connectivity index (χ3n) is 2.77. The molecule has 0 fully saturated rings. The van der Waals surface area contributed by atoms with Crippen molar-refractivity contribution in [3.05, 3.63) is 53.0 Å². The summed E-state index contributed by atoms with van der Waals surface area (Å²) >= 11 is 1.69. The van der Waals surface area contributed by atoms with Crippen LogP contribution in [0.15, 0.2) is 57.9 Å². The third-order valence-corrected chi connectivity index (χ3v) is 3.88. The average molecular weight is 241 g/mol. The Labute approximate surface area is 107 Å². The van der Waals surface area contributed by atoms with Gasteiger partial charge in [-0.1, -0.05) is 36.0 Å². The zero-order valence-corrected chi connectivity index (χ0v) is 10.5. The average Bonchev–Trinajstić information content (AvgIpc) is 2.40. The molecule has 0 saturated heterocycles. The lowest BCUT2D eigenvalue weighted by molar-refractivity contribution is 0.710. The lowest BCUT2D eigenvalue weighted by Crippen LogP contribution is -1.93. The van der Waals surface area contributed by atoms with E-state index in [1.165, 1.54) is 23.3 Å².